The van der Waals surface area contributed by atoms with Crippen molar-refractivity contribution >= 4 is 17.2 Å². The van der Waals surface area contributed by atoms with Crippen molar-refractivity contribution in [2.75, 3.05) is 60.1 Å². The second-order valence-corrected chi connectivity index (χ2v) is 8.44. The van der Waals surface area contributed by atoms with E-state index in [9.17, 15) is 4.79 Å². The van der Waals surface area contributed by atoms with Crippen molar-refractivity contribution in [2.24, 2.45) is 0 Å². The van der Waals surface area contributed by atoms with E-state index in [0.29, 0.717) is 6.61 Å². The Morgan fingerprint density at radius 3 is 2.69 bits per heavy atom. The normalized spacial score (nSPS) is 15.1. The first kappa shape index (κ1) is 21.8. The zero-order chi connectivity index (χ0) is 20.5. The number of piperazine rings is 1. The topological polar surface area (TPSA) is 45.3 Å². The minimum absolute atomic E-state index is 0.0734. The van der Waals surface area contributed by atoms with Crippen molar-refractivity contribution in [3.05, 3.63) is 52.2 Å². The molecule has 2 heterocycles. The Labute approximate surface area is 177 Å². The molecule has 0 spiro atoms. The van der Waals surface area contributed by atoms with Gasteiger partial charge in [0, 0.05) is 57.8 Å². The molecule has 7 heteroatoms. The van der Waals surface area contributed by atoms with Gasteiger partial charge in [0.05, 0.1) is 0 Å². The predicted octanol–water partition coefficient (Wildman–Crippen LogP) is 2.55. The Morgan fingerprint density at radius 1 is 1.14 bits per heavy atom. The van der Waals surface area contributed by atoms with Crippen LogP contribution in [-0.2, 0) is 22.6 Å². The smallest absolute Gasteiger partial charge is 0.248 e. The number of benzene rings is 1. The Hall–Kier alpha value is -1.93. The minimum atomic E-state index is 0.0734. The van der Waals surface area contributed by atoms with E-state index in [1.54, 1.807) is 18.4 Å². The largest absolute Gasteiger partial charge is 0.492 e. The van der Waals surface area contributed by atoms with Gasteiger partial charge in [0.15, 0.2) is 0 Å². The second-order valence-electron chi connectivity index (χ2n) is 7.40. The molecule has 2 aromatic rings. The number of carbonyl (C=O) groups excluding carboxylic acids is 1. The summed E-state index contributed by atoms with van der Waals surface area (Å²) in [6.07, 6.45) is 0. The number of hydrogen-bond acceptors (Lipinski definition) is 6. The summed E-state index contributed by atoms with van der Waals surface area (Å²) < 4.78 is 10.9. The Bertz CT molecular complexity index is 746. The Morgan fingerprint density at radius 2 is 1.97 bits per heavy atom. The molecule has 0 saturated carbocycles. The predicted molar refractivity (Wildman–Crippen MR) is 116 cm³/mol. The average Bonchev–Trinajstić information content (AvgIpc) is 3.22. The average molecular weight is 418 g/mol. The van der Waals surface area contributed by atoms with Gasteiger partial charge in [0.25, 0.3) is 0 Å². The number of hydrogen-bond donors (Lipinski definition) is 0. The molecule has 29 heavy (non-hydrogen) atoms. The van der Waals surface area contributed by atoms with Crippen LogP contribution < -0.4 is 4.74 Å². The number of nitrogens with zero attached hydrogens (tertiary/aromatic N) is 3. The number of rotatable bonds is 10. The van der Waals surface area contributed by atoms with E-state index in [0.717, 1.165) is 51.6 Å². The van der Waals surface area contributed by atoms with Gasteiger partial charge in [0.2, 0.25) is 5.91 Å². The second kappa shape index (κ2) is 11.3. The van der Waals surface area contributed by atoms with Crippen molar-refractivity contribution < 1.29 is 14.3 Å². The van der Waals surface area contributed by atoms with Gasteiger partial charge < -0.3 is 14.4 Å². The summed E-state index contributed by atoms with van der Waals surface area (Å²) >= 11 is 1.79. The summed E-state index contributed by atoms with van der Waals surface area (Å²) in [5, 5.41) is 2.12. The molecule has 0 N–H and O–H groups in total. The standard InChI is InChI=1S/C22H31N3O3S/c1-23(17-21-7-4-14-29-21)16-19-5-3-6-20(15-19)28-13-12-24-8-10-25(11-9-24)22(26)18-27-2/h3-7,14-15H,8-13,16-18H2,1-2H3. The van der Waals surface area contributed by atoms with E-state index in [2.05, 4.69) is 52.6 Å². The van der Waals surface area contributed by atoms with Gasteiger partial charge in [-0.15, -0.1) is 11.3 Å². The van der Waals surface area contributed by atoms with E-state index in [1.165, 1.54) is 10.4 Å². The van der Waals surface area contributed by atoms with Crippen molar-refractivity contribution in [2.45, 2.75) is 13.1 Å². The van der Waals surface area contributed by atoms with Gasteiger partial charge in [-0.2, -0.15) is 0 Å². The minimum Gasteiger partial charge on any atom is -0.492 e. The molecular weight excluding hydrogens is 386 g/mol. The molecule has 3 rings (SSSR count). The zero-order valence-corrected chi connectivity index (χ0v) is 18.2. The maximum Gasteiger partial charge on any atom is 0.248 e. The fraction of sp³-hybridized carbons (Fsp3) is 0.500. The highest BCUT2D eigenvalue weighted by Crippen LogP contribution is 2.17. The van der Waals surface area contributed by atoms with Crippen LogP contribution in [0.4, 0.5) is 0 Å². The van der Waals surface area contributed by atoms with E-state index in [4.69, 9.17) is 9.47 Å². The van der Waals surface area contributed by atoms with Gasteiger partial charge in [0.1, 0.15) is 19.0 Å². The molecule has 158 valence electrons. The molecule has 1 fully saturated rings. The van der Waals surface area contributed by atoms with Gasteiger partial charge in [-0.1, -0.05) is 18.2 Å². The van der Waals surface area contributed by atoms with Crippen LogP contribution in [0.25, 0.3) is 0 Å². The highest BCUT2D eigenvalue weighted by Gasteiger charge is 2.20. The van der Waals surface area contributed by atoms with Gasteiger partial charge in [-0.3, -0.25) is 14.6 Å². The number of amides is 1. The SMILES string of the molecule is COCC(=O)N1CCN(CCOc2cccc(CN(C)Cc3cccs3)c2)CC1. The lowest BCUT2D eigenvalue weighted by Gasteiger charge is -2.34. The van der Waals surface area contributed by atoms with Crippen molar-refractivity contribution in [1.82, 2.24) is 14.7 Å². The molecule has 0 unspecified atom stereocenters. The first-order valence-electron chi connectivity index (χ1n) is 10.1. The number of carbonyl (C=O) groups is 1. The lowest BCUT2D eigenvalue weighted by Crippen LogP contribution is -2.50. The molecule has 1 aromatic carbocycles. The van der Waals surface area contributed by atoms with Crippen LogP contribution in [-0.4, -0.2) is 80.7 Å². The van der Waals surface area contributed by atoms with E-state index < -0.39 is 0 Å². The summed E-state index contributed by atoms with van der Waals surface area (Å²) in [5.41, 5.74) is 1.26. The van der Waals surface area contributed by atoms with E-state index >= 15 is 0 Å². The van der Waals surface area contributed by atoms with Gasteiger partial charge in [-0.05, 0) is 36.2 Å². The Kier molecular flexibility index (Phi) is 8.49. The summed E-state index contributed by atoms with van der Waals surface area (Å²) in [6.45, 7) is 6.83. The molecule has 1 aliphatic heterocycles. The molecule has 1 aliphatic rings. The van der Waals surface area contributed by atoms with E-state index in [-0.39, 0.29) is 12.5 Å². The van der Waals surface area contributed by atoms with Crippen LogP contribution in [0.2, 0.25) is 0 Å². The fourth-order valence-corrected chi connectivity index (χ4v) is 4.28. The van der Waals surface area contributed by atoms with Crippen molar-refractivity contribution in [3.63, 3.8) is 0 Å². The third-order valence-electron chi connectivity index (χ3n) is 5.03. The summed E-state index contributed by atoms with van der Waals surface area (Å²) in [4.78, 5) is 19.8. The molecule has 1 saturated heterocycles. The third-order valence-corrected chi connectivity index (χ3v) is 5.89. The number of ether oxygens (including phenoxy) is 2. The van der Waals surface area contributed by atoms with Crippen LogP contribution >= 0.6 is 11.3 Å². The number of thiophene rings is 1. The van der Waals surface area contributed by atoms with Crippen LogP contribution in [0.5, 0.6) is 5.75 Å². The van der Waals surface area contributed by atoms with E-state index in [1.807, 2.05) is 11.0 Å². The molecule has 0 bridgehead atoms. The van der Waals surface area contributed by atoms with Crippen LogP contribution in [0.1, 0.15) is 10.4 Å². The first-order valence-corrected chi connectivity index (χ1v) is 10.9. The Balaban J connectivity index is 1.38. The third kappa shape index (κ3) is 7.12. The molecule has 0 aliphatic carbocycles. The molecule has 0 radical (unpaired) electrons. The maximum absolute atomic E-state index is 11.9. The first-order chi connectivity index (χ1) is 14.1. The molecular formula is C22H31N3O3S. The molecule has 1 amide bonds. The zero-order valence-electron chi connectivity index (χ0n) is 17.4. The van der Waals surface area contributed by atoms with Crippen LogP contribution in [0.3, 0.4) is 0 Å². The van der Waals surface area contributed by atoms with Crippen molar-refractivity contribution in [3.8, 4) is 5.75 Å². The van der Waals surface area contributed by atoms with Crippen LogP contribution in [0, 0.1) is 0 Å². The molecule has 1 aromatic heterocycles. The molecule has 0 atom stereocenters. The van der Waals surface area contributed by atoms with Gasteiger partial charge in [-0.25, -0.2) is 0 Å². The summed E-state index contributed by atoms with van der Waals surface area (Å²) in [5.74, 6) is 0.991. The summed E-state index contributed by atoms with van der Waals surface area (Å²) in [7, 11) is 3.70. The monoisotopic (exact) mass is 417 g/mol. The summed E-state index contributed by atoms with van der Waals surface area (Å²) in [6, 6.07) is 12.6. The van der Waals surface area contributed by atoms with Crippen LogP contribution in [0.15, 0.2) is 41.8 Å². The molecule has 6 nitrogen and oxygen atoms in total. The highest BCUT2D eigenvalue weighted by atomic mass is 32.1. The highest BCUT2D eigenvalue weighted by molar-refractivity contribution is 7.09. The van der Waals surface area contributed by atoms with Gasteiger partial charge >= 0.3 is 0 Å². The van der Waals surface area contributed by atoms with Crippen molar-refractivity contribution in [1.29, 1.82) is 0 Å². The maximum atomic E-state index is 11.9. The quantitative estimate of drug-likeness (QED) is 0.595. The fourth-order valence-electron chi connectivity index (χ4n) is 3.50. The number of methoxy groups -OCH3 is 1. The lowest BCUT2D eigenvalue weighted by molar-refractivity contribution is -0.136. The lowest BCUT2D eigenvalue weighted by atomic mass is 10.2.